The molecular formula is C12H22N2O3. The van der Waals surface area contributed by atoms with Crippen LogP contribution < -0.4 is 11.1 Å². The van der Waals surface area contributed by atoms with Crippen LogP contribution in [0.1, 0.15) is 40.0 Å². The number of nitrogens with two attached hydrogens (primary N) is 1. The molecular weight excluding hydrogens is 220 g/mol. The highest BCUT2D eigenvalue weighted by Crippen LogP contribution is 2.34. The molecule has 0 spiro atoms. The van der Waals surface area contributed by atoms with E-state index in [9.17, 15) is 9.59 Å². The van der Waals surface area contributed by atoms with E-state index < -0.39 is 12.0 Å². The van der Waals surface area contributed by atoms with Crippen molar-refractivity contribution in [2.45, 2.75) is 52.1 Å². The first-order valence-corrected chi connectivity index (χ1v) is 5.99. The quantitative estimate of drug-likeness (QED) is 0.662. The molecule has 5 heteroatoms. The van der Waals surface area contributed by atoms with Crippen molar-refractivity contribution >= 4 is 11.9 Å². The fraction of sp³-hybridized carbons (Fsp3) is 0.833. The second kappa shape index (κ2) is 5.04. The molecule has 0 heterocycles. The summed E-state index contributed by atoms with van der Waals surface area (Å²) in [6.07, 6.45) is 1.96. The molecule has 17 heavy (non-hydrogen) atoms. The summed E-state index contributed by atoms with van der Waals surface area (Å²) in [6.45, 7) is 5.67. The number of rotatable bonds is 5. The Balaban J connectivity index is 2.55. The molecule has 1 aliphatic rings. The summed E-state index contributed by atoms with van der Waals surface area (Å²) >= 11 is 0. The Bertz CT molecular complexity index is 305. The summed E-state index contributed by atoms with van der Waals surface area (Å²) in [7, 11) is 0. The van der Waals surface area contributed by atoms with Crippen LogP contribution in [-0.2, 0) is 9.59 Å². The smallest absolute Gasteiger partial charge is 0.305 e. The summed E-state index contributed by atoms with van der Waals surface area (Å²) in [5, 5.41) is 11.6. The van der Waals surface area contributed by atoms with Gasteiger partial charge in [-0.3, -0.25) is 9.59 Å². The molecule has 0 saturated heterocycles. The van der Waals surface area contributed by atoms with Gasteiger partial charge in [0.25, 0.3) is 0 Å². The van der Waals surface area contributed by atoms with Crippen molar-refractivity contribution in [2.24, 2.45) is 17.1 Å². The van der Waals surface area contributed by atoms with E-state index >= 15 is 0 Å². The Hall–Kier alpha value is -1.10. The third-order valence-corrected chi connectivity index (χ3v) is 3.13. The van der Waals surface area contributed by atoms with Gasteiger partial charge in [0.05, 0.1) is 12.5 Å². The number of amides is 1. The van der Waals surface area contributed by atoms with Crippen LogP contribution in [0.3, 0.4) is 0 Å². The van der Waals surface area contributed by atoms with Gasteiger partial charge in [0.1, 0.15) is 0 Å². The Morgan fingerprint density at radius 3 is 2.29 bits per heavy atom. The fourth-order valence-corrected chi connectivity index (χ4v) is 1.69. The number of carboxylic acids is 1. The molecule has 0 bridgehead atoms. The minimum atomic E-state index is -0.883. The number of hydrogen-bond acceptors (Lipinski definition) is 3. The lowest BCUT2D eigenvalue weighted by Crippen LogP contribution is -2.52. The molecule has 5 nitrogen and oxygen atoms in total. The van der Waals surface area contributed by atoms with E-state index in [2.05, 4.69) is 5.32 Å². The zero-order valence-corrected chi connectivity index (χ0v) is 10.7. The molecule has 0 aromatic carbocycles. The van der Waals surface area contributed by atoms with Crippen molar-refractivity contribution in [2.75, 3.05) is 0 Å². The van der Waals surface area contributed by atoms with Gasteiger partial charge in [-0.2, -0.15) is 0 Å². The van der Waals surface area contributed by atoms with Crippen LogP contribution in [0.15, 0.2) is 0 Å². The average Bonchev–Trinajstić information content (AvgIpc) is 2.96. The number of aliphatic carboxylic acids is 1. The van der Waals surface area contributed by atoms with Gasteiger partial charge in [0.15, 0.2) is 0 Å². The number of carboxylic acid groups (broad SMARTS) is 1. The zero-order valence-electron chi connectivity index (χ0n) is 10.7. The van der Waals surface area contributed by atoms with Crippen molar-refractivity contribution < 1.29 is 14.7 Å². The lowest BCUT2D eigenvalue weighted by molar-refractivity contribution is -0.138. The van der Waals surface area contributed by atoms with E-state index in [0.29, 0.717) is 5.92 Å². The van der Waals surface area contributed by atoms with Crippen molar-refractivity contribution in [3.05, 3.63) is 0 Å². The van der Waals surface area contributed by atoms with Gasteiger partial charge in [-0.15, -0.1) is 0 Å². The van der Waals surface area contributed by atoms with Crippen LogP contribution in [-0.4, -0.2) is 29.1 Å². The molecule has 0 aromatic heterocycles. The van der Waals surface area contributed by atoms with Crippen LogP contribution >= 0.6 is 0 Å². The minimum absolute atomic E-state index is 0.0206. The number of hydrogen-bond donors (Lipinski definition) is 3. The predicted molar refractivity (Wildman–Crippen MR) is 64.3 cm³/mol. The maximum atomic E-state index is 11.9. The lowest BCUT2D eigenvalue weighted by atomic mass is 9.86. The molecule has 1 saturated carbocycles. The summed E-state index contributed by atoms with van der Waals surface area (Å²) in [6, 6.07) is -0.883. The van der Waals surface area contributed by atoms with E-state index in [0.717, 1.165) is 12.8 Å². The van der Waals surface area contributed by atoms with Crippen molar-refractivity contribution in [1.29, 1.82) is 0 Å². The van der Waals surface area contributed by atoms with Crippen LogP contribution in [0.4, 0.5) is 0 Å². The standard InChI is InChI=1S/C12H22N2O3/c1-12(2,3)10(13)11(17)14-8(6-9(15)16)7-4-5-7/h7-8,10H,4-6,13H2,1-3H3,(H,14,17)(H,15,16)/t8?,10-/m1/s1. The largest absolute Gasteiger partial charge is 0.481 e. The first-order chi connectivity index (χ1) is 7.71. The predicted octanol–water partition coefficient (Wildman–Crippen LogP) is 0.729. The molecule has 1 aliphatic carbocycles. The molecule has 2 atom stereocenters. The summed E-state index contributed by atoms with van der Waals surface area (Å²) in [5.74, 6) is -0.829. The van der Waals surface area contributed by atoms with Crippen molar-refractivity contribution in [3.8, 4) is 0 Å². The van der Waals surface area contributed by atoms with E-state index in [4.69, 9.17) is 10.8 Å². The minimum Gasteiger partial charge on any atom is -0.481 e. The van der Waals surface area contributed by atoms with Gasteiger partial charge >= 0.3 is 5.97 Å². The van der Waals surface area contributed by atoms with Gasteiger partial charge in [0.2, 0.25) is 5.91 Å². The second-order valence-electron chi connectivity index (χ2n) is 5.89. The van der Waals surface area contributed by atoms with Gasteiger partial charge in [-0.05, 0) is 24.2 Å². The highest BCUT2D eigenvalue weighted by atomic mass is 16.4. The number of carbonyl (C=O) groups is 2. The van der Waals surface area contributed by atoms with Crippen LogP contribution in [0.5, 0.6) is 0 Å². The monoisotopic (exact) mass is 242 g/mol. The van der Waals surface area contributed by atoms with Gasteiger partial charge in [-0.1, -0.05) is 20.8 Å². The molecule has 0 radical (unpaired) electrons. The molecule has 1 rings (SSSR count). The topological polar surface area (TPSA) is 92.4 Å². The third-order valence-electron chi connectivity index (χ3n) is 3.13. The third kappa shape index (κ3) is 4.34. The highest BCUT2D eigenvalue weighted by Gasteiger charge is 2.36. The van der Waals surface area contributed by atoms with Crippen LogP contribution in [0.25, 0.3) is 0 Å². The van der Waals surface area contributed by atoms with Crippen LogP contribution in [0, 0.1) is 11.3 Å². The van der Waals surface area contributed by atoms with Gasteiger partial charge in [0, 0.05) is 6.04 Å². The summed E-state index contributed by atoms with van der Waals surface area (Å²) in [4.78, 5) is 22.6. The highest BCUT2D eigenvalue weighted by molar-refractivity contribution is 5.83. The summed E-state index contributed by atoms with van der Waals surface area (Å²) < 4.78 is 0. The summed E-state index contributed by atoms with van der Waals surface area (Å²) in [5.41, 5.74) is 5.52. The lowest BCUT2D eigenvalue weighted by Gasteiger charge is -2.28. The van der Waals surface area contributed by atoms with E-state index in [1.807, 2.05) is 20.8 Å². The van der Waals surface area contributed by atoms with Crippen molar-refractivity contribution in [3.63, 3.8) is 0 Å². The maximum Gasteiger partial charge on any atom is 0.305 e. The fourth-order valence-electron chi connectivity index (χ4n) is 1.69. The number of nitrogens with one attached hydrogen (secondary N) is 1. The Morgan fingerprint density at radius 2 is 1.94 bits per heavy atom. The molecule has 1 unspecified atom stereocenters. The SMILES string of the molecule is CC(C)(C)[C@H](N)C(=O)NC(CC(=O)O)C1CC1. The molecule has 4 N–H and O–H groups in total. The molecule has 98 valence electrons. The first kappa shape index (κ1) is 14.0. The second-order valence-corrected chi connectivity index (χ2v) is 5.89. The Labute approximate surface area is 102 Å². The van der Waals surface area contributed by atoms with E-state index in [1.54, 1.807) is 0 Å². The Kier molecular flexibility index (Phi) is 4.14. The molecule has 0 aromatic rings. The molecule has 1 fully saturated rings. The maximum absolute atomic E-state index is 11.9. The Morgan fingerprint density at radius 1 is 1.41 bits per heavy atom. The first-order valence-electron chi connectivity index (χ1n) is 5.99. The number of carbonyl (C=O) groups excluding carboxylic acids is 1. The van der Waals surface area contributed by atoms with Crippen LogP contribution in [0.2, 0.25) is 0 Å². The average molecular weight is 242 g/mol. The normalized spacial score (nSPS) is 19.5. The van der Waals surface area contributed by atoms with Gasteiger partial charge < -0.3 is 16.2 Å². The molecule has 1 amide bonds. The zero-order chi connectivity index (χ0) is 13.2. The molecule has 0 aliphatic heterocycles. The van der Waals surface area contributed by atoms with E-state index in [-0.39, 0.29) is 23.8 Å². The van der Waals surface area contributed by atoms with E-state index in [1.165, 1.54) is 0 Å². The van der Waals surface area contributed by atoms with Gasteiger partial charge in [-0.25, -0.2) is 0 Å². The van der Waals surface area contributed by atoms with Crippen molar-refractivity contribution in [1.82, 2.24) is 5.32 Å².